The van der Waals surface area contributed by atoms with Gasteiger partial charge in [0.15, 0.2) is 0 Å². The van der Waals surface area contributed by atoms with Crippen molar-refractivity contribution in [1.29, 1.82) is 0 Å². The van der Waals surface area contributed by atoms with Crippen LogP contribution in [0.25, 0.3) is 6.08 Å². The number of carbonyl (C=O) groups is 1. The van der Waals surface area contributed by atoms with E-state index < -0.39 is 5.97 Å². The molecular formula is C16H22O2. The summed E-state index contributed by atoms with van der Waals surface area (Å²) in [7, 11) is 0. The Kier molecular flexibility index (Phi) is 5.14. The van der Waals surface area contributed by atoms with Crippen molar-refractivity contribution in [1.82, 2.24) is 0 Å². The number of carboxylic acids is 1. The molecule has 0 unspecified atom stereocenters. The molecule has 0 radical (unpaired) electrons. The van der Waals surface area contributed by atoms with Gasteiger partial charge in [-0.15, -0.1) is 0 Å². The molecule has 0 aromatic heterocycles. The van der Waals surface area contributed by atoms with Gasteiger partial charge in [0.1, 0.15) is 0 Å². The molecule has 1 rings (SSSR count). The lowest BCUT2D eigenvalue weighted by atomic mass is 9.88. The fourth-order valence-electron chi connectivity index (χ4n) is 2.08. The molecule has 0 saturated carbocycles. The van der Waals surface area contributed by atoms with Gasteiger partial charge < -0.3 is 5.11 Å². The highest BCUT2D eigenvalue weighted by atomic mass is 16.4. The molecular weight excluding hydrogens is 224 g/mol. The van der Waals surface area contributed by atoms with Gasteiger partial charge in [-0.2, -0.15) is 0 Å². The summed E-state index contributed by atoms with van der Waals surface area (Å²) >= 11 is 0. The third-order valence-corrected chi connectivity index (χ3v) is 2.99. The molecule has 98 valence electrons. The Bertz CT molecular complexity index is 416. The van der Waals surface area contributed by atoms with Crippen LogP contribution >= 0.6 is 0 Å². The minimum Gasteiger partial charge on any atom is -0.481 e. The molecule has 1 aromatic carbocycles. The Labute approximate surface area is 109 Å². The highest BCUT2D eigenvalue weighted by molar-refractivity contribution is 5.71. The zero-order valence-electron chi connectivity index (χ0n) is 11.6. The van der Waals surface area contributed by atoms with Crippen molar-refractivity contribution in [2.75, 3.05) is 0 Å². The first-order valence-corrected chi connectivity index (χ1v) is 6.44. The first-order valence-electron chi connectivity index (χ1n) is 6.44. The molecule has 18 heavy (non-hydrogen) atoms. The maximum atomic E-state index is 10.6. The number of carboxylic acid groups (broad SMARTS) is 1. The third kappa shape index (κ3) is 3.73. The number of hydrogen-bond donors (Lipinski definition) is 1. The molecule has 0 atom stereocenters. The zero-order valence-corrected chi connectivity index (χ0v) is 11.6. The van der Waals surface area contributed by atoms with Crippen LogP contribution in [0.1, 0.15) is 62.6 Å². The van der Waals surface area contributed by atoms with Crippen molar-refractivity contribution in [3.8, 4) is 0 Å². The summed E-state index contributed by atoms with van der Waals surface area (Å²) in [6.45, 7) is 8.64. The molecule has 0 aliphatic rings. The Hall–Kier alpha value is -1.57. The molecule has 0 fully saturated rings. The average Bonchev–Trinajstić information content (AvgIpc) is 2.28. The van der Waals surface area contributed by atoms with Gasteiger partial charge in [0.2, 0.25) is 0 Å². The topological polar surface area (TPSA) is 37.3 Å². The van der Waals surface area contributed by atoms with Crippen molar-refractivity contribution >= 4 is 12.0 Å². The second kappa shape index (κ2) is 6.39. The normalized spacial score (nSPS) is 11.7. The quantitative estimate of drug-likeness (QED) is 0.835. The monoisotopic (exact) mass is 246 g/mol. The van der Waals surface area contributed by atoms with E-state index >= 15 is 0 Å². The maximum Gasteiger partial charge on any atom is 0.307 e. The number of benzene rings is 1. The highest BCUT2D eigenvalue weighted by Crippen LogP contribution is 2.28. The summed E-state index contributed by atoms with van der Waals surface area (Å²) in [5, 5.41) is 8.70. The molecule has 2 nitrogen and oxygen atoms in total. The summed E-state index contributed by atoms with van der Waals surface area (Å²) in [5.74, 6) is 0.0840. The van der Waals surface area contributed by atoms with Crippen LogP contribution in [-0.4, -0.2) is 11.1 Å². The molecule has 0 aliphatic heterocycles. The SMILES string of the molecule is CC(C)c1cccc(C(C)C)c1C=CCC(=O)O. The van der Waals surface area contributed by atoms with E-state index in [0.717, 1.165) is 0 Å². The number of rotatable bonds is 5. The predicted molar refractivity (Wildman–Crippen MR) is 75.9 cm³/mol. The van der Waals surface area contributed by atoms with E-state index in [9.17, 15) is 4.79 Å². The van der Waals surface area contributed by atoms with Crippen LogP contribution in [0, 0.1) is 0 Å². The Morgan fingerprint density at radius 3 is 2.06 bits per heavy atom. The predicted octanol–water partition coefficient (Wildman–Crippen LogP) is 4.42. The zero-order chi connectivity index (χ0) is 13.7. The van der Waals surface area contributed by atoms with Crippen LogP contribution in [0.4, 0.5) is 0 Å². The molecule has 2 heteroatoms. The van der Waals surface area contributed by atoms with E-state index in [1.807, 2.05) is 6.08 Å². The fraction of sp³-hybridized carbons (Fsp3) is 0.438. The summed E-state index contributed by atoms with van der Waals surface area (Å²) in [6.07, 6.45) is 3.76. The molecule has 0 amide bonds. The maximum absolute atomic E-state index is 10.6. The standard InChI is InChI=1S/C16H22O2/c1-11(2)13-7-5-8-14(12(3)4)15(13)9-6-10-16(17)18/h5-9,11-12H,10H2,1-4H3,(H,17,18). The van der Waals surface area contributed by atoms with E-state index in [1.165, 1.54) is 16.7 Å². The summed E-state index contributed by atoms with van der Waals surface area (Å²) < 4.78 is 0. The smallest absolute Gasteiger partial charge is 0.307 e. The summed E-state index contributed by atoms with van der Waals surface area (Å²) in [4.78, 5) is 10.6. The highest BCUT2D eigenvalue weighted by Gasteiger charge is 2.11. The first kappa shape index (κ1) is 14.5. The van der Waals surface area contributed by atoms with Crippen molar-refractivity contribution in [3.63, 3.8) is 0 Å². The summed E-state index contributed by atoms with van der Waals surface area (Å²) in [5.41, 5.74) is 3.74. The second-order valence-corrected chi connectivity index (χ2v) is 5.16. The van der Waals surface area contributed by atoms with Gasteiger partial charge in [-0.1, -0.05) is 58.0 Å². The first-order chi connectivity index (χ1) is 8.43. The Morgan fingerprint density at radius 2 is 1.67 bits per heavy atom. The minimum absolute atomic E-state index is 0.0734. The van der Waals surface area contributed by atoms with E-state index in [4.69, 9.17) is 5.11 Å². The van der Waals surface area contributed by atoms with Crippen LogP contribution in [-0.2, 0) is 4.79 Å². The van der Waals surface area contributed by atoms with Crippen LogP contribution in [0.15, 0.2) is 24.3 Å². The molecule has 0 heterocycles. The van der Waals surface area contributed by atoms with Gasteiger partial charge >= 0.3 is 5.97 Å². The van der Waals surface area contributed by atoms with Gasteiger partial charge in [0.25, 0.3) is 0 Å². The molecule has 0 aliphatic carbocycles. The van der Waals surface area contributed by atoms with Crippen LogP contribution < -0.4 is 0 Å². The van der Waals surface area contributed by atoms with Gasteiger partial charge in [-0.25, -0.2) is 0 Å². The number of aliphatic carboxylic acids is 1. The van der Waals surface area contributed by atoms with E-state index in [0.29, 0.717) is 11.8 Å². The molecule has 1 N–H and O–H groups in total. The van der Waals surface area contributed by atoms with Crippen molar-refractivity contribution < 1.29 is 9.90 Å². The lowest BCUT2D eigenvalue weighted by Crippen LogP contribution is -1.99. The van der Waals surface area contributed by atoms with Crippen LogP contribution in [0.3, 0.4) is 0 Å². The third-order valence-electron chi connectivity index (χ3n) is 2.99. The van der Waals surface area contributed by atoms with E-state index in [-0.39, 0.29) is 6.42 Å². The summed E-state index contributed by atoms with van der Waals surface area (Å²) in [6, 6.07) is 6.33. The largest absolute Gasteiger partial charge is 0.481 e. The van der Waals surface area contributed by atoms with Gasteiger partial charge in [-0.3, -0.25) is 4.79 Å². The lowest BCUT2D eigenvalue weighted by molar-refractivity contribution is -0.135. The van der Waals surface area contributed by atoms with Gasteiger partial charge in [-0.05, 0) is 28.5 Å². The Balaban J connectivity index is 3.18. The molecule has 0 bridgehead atoms. The van der Waals surface area contributed by atoms with E-state index in [2.05, 4.69) is 45.9 Å². The molecule has 0 spiro atoms. The van der Waals surface area contributed by atoms with Crippen LogP contribution in [0.2, 0.25) is 0 Å². The molecule has 1 aromatic rings. The van der Waals surface area contributed by atoms with Crippen LogP contribution in [0.5, 0.6) is 0 Å². The Morgan fingerprint density at radius 1 is 1.17 bits per heavy atom. The fourth-order valence-corrected chi connectivity index (χ4v) is 2.08. The second-order valence-electron chi connectivity index (χ2n) is 5.16. The van der Waals surface area contributed by atoms with E-state index in [1.54, 1.807) is 6.08 Å². The van der Waals surface area contributed by atoms with Crippen molar-refractivity contribution in [2.45, 2.75) is 46.0 Å². The van der Waals surface area contributed by atoms with Crippen molar-refractivity contribution in [2.24, 2.45) is 0 Å². The lowest BCUT2D eigenvalue weighted by Gasteiger charge is -2.17. The number of hydrogen-bond acceptors (Lipinski definition) is 1. The average molecular weight is 246 g/mol. The molecule has 0 saturated heterocycles. The van der Waals surface area contributed by atoms with Gasteiger partial charge in [0.05, 0.1) is 6.42 Å². The van der Waals surface area contributed by atoms with Gasteiger partial charge in [0, 0.05) is 0 Å². The minimum atomic E-state index is -0.792. The van der Waals surface area contributed by atoms with Crippen molar-refractivity contribution in [3.05, 3.63) is 41.0 Å².